The lowest BCUT2D eigenvalue weighted by Gasteiger charge is -2.19. The molecule has 104 valence electrons. The van der Waals surface area contributed by atoms with Gasteiger partial charge in [-0.1, -0.05) is 12.1 Å². The summed E-state index contributed by atoms with van der Waals surface area (Å²) in [7, 11) is 3.61. The summed E-state index contributed by atoms with van der Waals surface area (Å²) in [6.07, 6.45) is 0. The Labute approximate surface area is 118 Å². The third kappa shape index (κ3) is 3.29. The van der Waals surface area contributed by atoms with Crippen LogP contribution >= 0.6 is 0 Å². The van der Waals surface area contributed by atoms with Gasteiger partial charge in [0, 0.05) is 19.3 Å². The van der Waals surface area contributed by atoms with E-state index in [0.29, 0.717) is 5.56 Å². The van der Waals surface area contributed by atoms with Gasteiger partial charge in [0.1, 0.15) is 5.75 Å². The van der Waals surface area contributed by atoms with Crippen molar-refractivity contribution in [2.45, 2.75) is 6.54 Å². The first-order chi connectivity index (χ1) is 9.60. The molecule has 0 atom stereocenters. The predicted octanol–water partition coefficient (Wildman–Crippen LogP) is 3.03. The maximum atomic E-state index is 10.8. The number of nitrogens with zero attached hydrogens (tertiary/aromatic N) is 1. The number of rotatable bonds is 5. The summed E-state index contributed by atoms with van der Waals surface area (Å²) in [5.41, 5.74) is 2.40. The van der Waals surface area contributed by atoms with Crippen molar-refractivity contribution in [2.24, 2.45) is 0 Å². The fourth-order valence-corrected chi connectivity index (χ4v) is 1.99. The van der Waals surface area contributed by atoms with Gasteiger partial charge in [-0.25, -0.2) is 4.79 Å². The molecule has 0 aliphatic carbocycles. The van der Waals surface area contributed by atoms with Gasteiger partial charge >= 0.3 is 5.97 Å². The van der Waals surface area contributed by atoms with Crippen LogP contribution in [0.25, 0.3) is 0 Å². The number of benzene rings is 2. The van der Waals surface area contributed by atoms with Crippen LogP contribution < -0.4 is 9.64 Å². The Bertz CT molecular complexity index is 593. The first-order valence-corrected chi connectivity index (χ1v) is 6.27. The molecule has 2 rings (SSSR count). The Kier molecular flexibility index (Phi) is 4.25. The van der Waals surface area contributed by atoms with E-state index in [4.69, 9.17) is 9.84 Å². The number of carboxylic acid groups (broad SMARTS) is 1. The quantitative estimate of drug-likeness (QED) is 0.908. The second-order valence-electron chi connectivity index (χ2n) is 4.56. The number of carboxylic acids is 1. The maximum absolute atomic E-state index is 10.8. The summed E-state index contributed by atoms with van der Waals surface area (Å²) in [6.45, 7) is 0.726. The lowest BCUT2D eigenvalue weighted by Crippen LogP contribution is -2.16. The fraction of sp³-hybridized carbons (Fsp3) is 0.188. The molecule has 0 saturated carbocycles. The second kappa shape index (κ2) is 6.10. The van der Waals surface area contributed by atoms with Crippen LogP contribution in [-0.4, -0.2) is 25.2 Å². The van der Waals surface area contributed by atoms with Gasteiger partial charge in [-0.2, -0.15) is 0 Å². The highest BCUT2D eigenvalue weighted by Gasteiger charge is 2.06. The topological polar surface area (TPSA) is 49.8 Å². The molecule has 0 heterocycles. The average molecular weight is 271 g/mol. The van der Waals surface area contributed by atoms with Crippen LogP contribution in [0.5, 0.6) is 5.75 Å². The number of hydrogen-bond donors (Lipinski definition) is 1. The van der Waals surface area contributed by atoms with Crippen LogP contribution in [0.15, 0.2) is 48.5 Å². The number of hydrogen-bond acceptors (Lipinski definition) is 3. The molecule has 0 aliphatic heterocycles. The van der Waals surface area contributed by atoms with Gasteiger partial charge in [-0.15, -0.1) is 0 Å². The number of anilines is 1. The first kappa shape index (κ1) is 13.9. The molecule has 1 N–H and O–H groups in total. The lowest BCUT2D eigenvalue weighted by molar-refractivity contribution is 0.0697. The largest absolute Gasteiger partial charge is 0.497 e. The Hall–Kier alpha value is -2.49. The van der Waals surface area contributed by atoms with Gasteiger partial charge in [-0.05, 0) is 42.0 Å². The molecule has 2 aromatic carbocycles. The highest BCUT2D eigenvalue weighted by Crippen LogP contribution is 2.19. The summed E-state index contributed by atoms with van der Waals surface area (Å²) in [6, 6.07) is 14.7. The van der Waals surface area contributed by atoms with E-state index in [2.05, 4.69) is 4.90 Å². The highest BCUT2D eigenvalue weighted by molar-refractivity contribution is 5.88. The summed E-state index contributed by atoms with van der Waals surface area (Å²) in [5.74, 6) is -0.0795. The summed E-state index contributed by atoms with van der Waals surface area (Å²) in [5, 5.41) is 8.88. The third-order valence-electron chi connectivity index (χ3n) is 3.11. The van der Waals surface area contributed by atoms with E-state index in [0.717, 1.165) is 23.5 Å². The third-order valence-corrected chi connectivity index (χ3v) is 3.11. The molecular weight excluding hydrogens is 254 g/mol. The van der Waals surface area contributed by atoms with Crippen molar-refractivity contribution in [3.05, 3.63) is 59.7 Å². The molecule has 0 amide bonds. The van der Waals surface area contributed by atoms with Crippen LogP contribution in [0, 0.1) is 0 Å². The van der Waals surface area contributed by atoms with E-state index in [9.17, 15) is 4.79 Å². The second-order valence-corrected chi connectivity index (χ2v) is 4.56. The van der Waals surface area contributed by atoms with Crippen LogP contribution in [0.1, 0.15) is 15.9 Å². The smallest absolute Gasteiger partial charge is 0.335 e. The predicted molar refractivity (Wildman–Crippen MR) is 78.5 cm³/mol. The zero-order valence-corrected chi connectivity index (χ0v) is 11.5. The lowest BCUT2D eigenvalue weighted by atomic mass is 10.1. The Morgan fingerprint density at radius 2 is 1.90 bits per heavy atom. The van der Waals surface area contributed by atoms with Crippen molar-refractivity contribution in [3.8, 4) is 5.75 Å². The maximum Gasteiger partial charge on any atom is 0.335 e. The molecule has 0 bridgehead atoms. The van der Waals surface area contributed by atoms with E-state index >= 15 is 0 Å². The van der Waals surface area contributed by atoms with Gasteiger partial charge in [-0.3, -0.25) is 0 Å². The minimum absolute atomic E-state index is 0.295. The Morgan fingerprint density at radius 1 is 1.20 bits per heavy atom. The van der Waals surface area contributed by atoms with Gasteiger partial charge in [0.2, 0.25) is 0 Å². The standard InChI is InChI=1S/C16H17NO3/c1-17(11-12-4-3-5-15(10-12)20-2)14-8-6-13(7-9-14)16(18)19/h3-10H,11H2,1-2H3,(H,18,19). The van der Waals surface area contributed by atoms with Crippen molar-refractivity contribution >= 4 is 11.7 Å². The summed E-state index contributed by atoms with van der Waals surface area (Å²) < 4.78 is 5.20. The molecule has 4 nitrogen and oxygen atoms in total. The van der Waals surface area contributed by atoms with E-state index in [1.165, 1.54) is 0 Å². The van der Waals surface area contributed by atoms with E-state index in [1.807, 2.05) is 43.4 Å². The molecule has 2 aromatic rings. The summed E-state index contributed by atoms with van der Waals surface area (Å²) in [4.78, 5) is 12.9. The summed E-state index contributed by atoms with van der Waals surface area (Å²) >= 11 is 0. The number of methoxy groups -OCH3 is 1. The Morgan fingerprint density at radius 3 is 2.50 bits per heavy atom. The van der Waals surface area contributed by atoms with Crippen molar-refractivity contribution < 1.29 is 14.6 Å². The molecule has 0 spiro atoms. The molecule has 0 unspecified atom stereocenters. The van der Waals surface area contributed by atoms with E-state index in [1.54, 1.807) is 19.2 Å². The van der Waals surface area contributed by atoms with Crippen molar-refractivity contribution in [1.82, 2.24) is 0 Å². The van der Waals surface area contributed by atoms with Crippen LogP contribution in [0.2, 0.25) is 0 Å². The molecule has 0 radical (unpaired) electrons. The number of ether oxygens (including phenoxy) is 1. The van der Waals surface area contributed by atoms with Crippen LogP contribution in [0.4, 0.5) is 5.69 Å². The van der Waals surface area contributed by atoms with Gasteiger partial charge in [0.25, 0.3) is 0 Å². The van der Waals surface area contributed by atoms with E-state index < -0.39 is 5.97 Å². The van der Waals surface area contributed by atoms with Crippen LogP contribution in [-0.2, 0) is 6.54 Å². The first-order valence-electron chi connectivity index (χ1n) is 6.27. The van der Waals surface area contributed by atoms with Gasteiger partial charge in [0.15, 0.2) is 0 Å². The van der Waals surface area contributed by atoms with E-state index in [-0.39, 0.29) is 0 Å². The number of carbonyl (C=O) groups is 1. The monoisotopic (exact) mass is 271 g/mol. The highest BCUT2D eigenvalue weighted by atomic mass is 16.5. The van der Waals surface area contributed by atoms with Crippen molar-refractivity contribution in [2.75, 3.05) is 19.1 Å². The molecule has 20 heavy (non-hydrogen) atoms. The normalized spacial score (nSPS) is 10.1. The molecular formula is C16H17NO3. The van der Waals surface area contributed by atoms with Crippen LogP contribution in [0.3, 0.4) is 0 Å². The van der Waals surface area contributed by atoms with Crippen molar-refractivity contribution in [1.29, 1.82) is 0 Å². The molecule has 0 fully saturated rings. The molecule has 4 heteroatoms. The minimum atomic E-state index is -0.910. The SMILES string of the molecule is COc1cccc(CN(C)c2ccc(C(=O)O)cc2)c1. The molecule has 0 aromatic heterocycles. The number of aromatic carboxylic acids is 1. The zero-order chi connectivity index (χ0) is 14.5. The Balaban J connectivity index is 2.10. The zero-order valence-electron chi connectivity index (χ0n) is 11.5. The minimum Gasteiger partial charge on any atom is -0.497 e. The molecule has 0 aliphatic rings. The van der Waals surface area contributed by atoms with Crippen molar-refractivity contribution in [3.63, 3.8) is 0 Å². The molecule has 0 saturated heterocycles. The fourth-order valence-electron chi connectivity index (χ4n) is 1.99. The van der Waals surface area contributed by atoms with Gasteiger partial charge < -0.3 is 14.7 Å². The van der Waals surface area contributed by atoms with Gasteiger partial charge in [0.05, 0.1) is 12.7 Å². The average Bonchev–Trinajstić information content (AvgIpc) is 2.47.